The van der Waals surface area contributed by atoms with Crippen molar-refractivity contribution in [1.82, 2.24) is 18.7 Å². The lowest BCUT2D eigenvalue weighted by Gasteiger charge is -2.08. The summed E-state index contributed by atoms with van der Waals surface area (Å²) in [4.78, 5) is 29.1. The first-order valence-corrected chi connectivity index (χ1v) is 8.04. The number of hydrogen-bond donors (Lipinski definition) is 1. The smallest absolute Gasteiger partial charge is 0.332 e. The van der Waals surface area contributed by atoms with Crippen molar-refractivity contribution < 1.29 is 4.74 Å². The minimum absolute atomic E-state index is 0.298. The van der Waals surface area contributed by atoms with Gasteiger partial charge >= 0.3 is 5.69 Å². The molecule has 0 aliphatic rings. The number of hydrazone groups is 1. The van der Waals surface area contributed by atoms with E-state index in [9.17, 15) is 9.59 Å². The van der Waals surface area contributed by atoms with Crippen molar-refractivity contribution in [3.8, 4) is 0 Å². The molecule has 9 heteroatoms. The second-order valence-corrected chi connectivity index (χ2v) is 5.74. The van der Waals surface area contributed by atoms with Crippen LogP contribution in [0.15, 0.2) is 45.0 Å². The van der Waals surface area contributed by atoms with Crippen molar-refractivity contribution in [3.05, 3.63) is 56.7 Å². The second kappa shape index (κ2) is 7.36. The van der Waals surface area contributed by atoms with Gasteiger partial charge in [0.2, 0.25) is 5.95 Å². The largest absolute Gasteiger partial charge is 0.383 e. The highest BCUT2D eigenvalue weighted by atomic mass is 16.5. The minimum atomic E-state index is -0.432. The van der Waals surface area contributed by atoms with E-state index in [0.717, 1.165) is 10.1 Å². The molecule has 0 amide bonds. The Morgan fingerprint density at radius 2 is 1.92 bits per heavy atom. The van der Waals surface area contributed by atoms with E-state index >= 15 is 0 Å². The predicted molar refractivity (Wildman–Crippen MR) is 99.7 cm³/mol. The Labute approximate surface area is 149 Å². The number of fused-ring (bicyclic) bond motifs is 1. The molecule has 0 unspecified atom stereocenters. The van der Waals surface area contributed by atoms with Crippen LogP contribution in [0.4, 0.5) is 5.95 Å². The highest BCUT2D eigenvalue weighted by Crippen LogP contribution is 2.15. The van der Waals surface area contributed by atoms with Gasteiger partial charge in [0.1, 0.15) is 0 Å². The molecule has 0 aliphatic carbocycles. The Hall–Kier alpha value is -3.20. The zero-order valence-corrected chi connectivity index (χ0v) is 14.8. The van der Waals surface area contributed by atoms with Crippen LogP contribution in [-0.2, 0) is 25.4 Å². The van der Waals surface area contributed by atoms with E-state index in [1.165, 1.54) is 11.6 Å². The molecule has 0 atom stereocenters. The molecular weight excluding hydrogens is 336 g/mol. The number of methoxy groups -OCH3 is 1. The molecule has 2 heterocycles. The highest BCUT2D eigenvalue weighted by Gasteiger charge is 2.18. The number of hydrogen-bond acceptors (Lipinski definition) is 6. The van der Waals surface area contributed by atoms with Crippen LogP contribution in [-0.4, -0.2) is 38.6 Å². The van der Waals surface area contributed by atoms with Crippen LogP contribution in [0.1, 0.15) is 5.56 Å². The maximum absolute atomic E-state index is 12.6. The summed E-state index contributed by atoms with van der Waals surface area (Å²) in [5.41, 5.74) is 3.55. The summed E-state index contributed by atoms with van der Waals surface area (Å²) < 4.78 is 9.19. The summed E-state index contributed by atoms with van der Waals surface area (Å²) in [6, 6.07) is 9.58. The summed E-state index contributed by atoms with van der Waals surface area (Å²) in [5.74, 6) is 0.363. The molecule has 1 aromatic carbocycles. The van der Waals surface area contributed by atoms with Gasteiger partial charge in [-0.3, -0.25) is 13.9 Å². The van der Waals surface area contributed by atoms with Crippen molar-refractivity contribution in [2.45, 2.75) is 6.54 Å². The molecule has 1 N–H and O–H groups in total. The molecule has 2 aromatic heterocycles. The van der Waals surface area contributed by atoms with Gasteiger partial charge in [0.25, 0.3) is 5.56 Å². The normalized spacial score (nSPS) is 11.5. The fraction of sp³-hybridized carbons (Fsp3) is 0.294. The molecule has 0 spiro atoms. The molecule has 0 bridgehead atoms. The minimum Gasteiger partial charge on any atom is -0.383 e. The summed E-state index contributed by atoms with van der Waals surface area (Å²) in [5, 5.41) is 4.18. The third kappa shape index (κ3) is 3.16. The van der Waals surface area contributed by atoms with Gasteiger partial charge in [0.15, 0.2) is 11.2 Å². The van der Waals surface area contributed by atoms with E-state index < -0.39 is 11.2 Å². The average Bonchev–Trinajstić information content (AvgIpc) is 3.02. The maximum Gasteiger partial charge on any atom is 0.332 e. The molecule has 0 saturated carbocycles. The Morgan fingerprint density at radius 1 is 1.19 bits per heavy atom. The Morgan fingerprint density at radius 3 is 2.62 bits per heavy atom. The first kappa shape index (κ1) is 17.6. The first-order chi connectivity index (χ1) is 12.5. The van der Waals surface area contributed by atoms with E-state index in [-0.39, 0.29) is 0 Å². The first-order valence-electron chi connectivity index (χ1n) is 8.04. The van der Waals surface area contributed by atoms with Crippen molar-refractivity contribution in [2.24, 2.45) is 19.2 Å². The quantitative estimate of drug-likeness (QED) is 0.513. The van der Waals surface area contributed by atoms with Crippen molar-refractivity contribution in [2.75, 3.05) is 19.1 Å². The van der Waals surface area contributed by atoms with Gasteiger partial charge in [-0.1, -0.05) is 30.3 Å². The Kier molecular flexibility index (Phi) is 4.99. The number of benzene rings is 1. The third-order valence-electron chi connectivity index (χ3n) is 4.04. The van der Waals surface area contributed by atoms with Crippen LogP contribution in [0.25, 0.3) is 11.2 Å². The van der Waals surface area contributed by atoms with Crippen LogP contribution >= 0.6 is 0 Å². The number of aromatic nitrogens is 4. The standard InChI is InChI=1S/C17H20N6O3/c1-21-14-13(15(24)22(2)17(21)25)23(9-10-26-3)16(19-14)20-18-11-12-7-5-4-6-8-12/h4-8,11H,9-10H2,1-3H3,(H,19,20)/b18-11-. The van der Waals surface area contributed by atoms with Gasteiger partial charge < -0.3 is 9.30 Å². The number of aryl methyl sites for hydroxylation is 1. The van der Waals surface area contributed by atoms with Crippen LogP contribution in [0, 0.1) is 0 Å². The fourth-order valence-electron chi connectivity index (χ4n) is 2.64. The van der Waals surface area contributed by atoms with Crippen molar-refractivity contribution in [1.29, 1.82) is 0 Å². The molecular formula is C17H20N6O3. The van der Waals surface area contributed by atoms with E-state index in [1.807, 2.05) is 30.3 Å². The van der Waals surface area contributed by atoms with Crippen LogP contribution in [0.3, 0.4) is 0 Å². The number of ether oxygens (including phenoxy) is 1. The molecule has 0 aliphatic heterocycles. The van der Waals surface area contributed by atoms with Crippen LogP contribution < -0.4 is 16.7 Å². The molecule has 9 nitrogen and oxygen atoms in total. The SMILES string of the molecule is COCCn1c(N/N=C\c2ccccc2)nc2c1c(=O)n(C)c(=O)n2C. The molecule has 0 radical (unpaired) electrons. The molecule has 0 fully saturated rings. The summed E-state index contributed by atoms with van der Waals surface area (Å²) in [6.07, 6.45) is 1.65. The van der Waals surface area contributed by atoms with Gasteiger partial charge in [-0.2, -0.15) is 10.1 Å². The summed E-state index contributed by atoms with van der Waals surface area (Å²) >= 11 is 0. The van der Waals surface area contributed by atoms with Gasteiger partial charge in [-0.25, -0.2) is 10.2 Å². The van der Waals surface area contributed by atoms with Crippen molar-refractivity contribution >= 4 is 23.3 Å². The third-order valence-corrected chi connectivity index (χ3v) is 4.04. The molecule has 0 saturated heterocycles. The van der Waals surface area contributed by atoms with Gasteiger partial charge in [0.05, 0.1) is 12.8 Å². The lowest BCUT2D eigenvalue weighted by atomic mass is 10.2. The Bertz CT molecular complexity index is 1060. The fourth-order valence-corrected chi connectivity index (χ4v) is 2.64. The lowest BCUT2D eigenvalue weighted by Crippen LogP contribution is -2.37. The number of nitrogens with one attached hydrogen (secondary N) is 1. The number of imidazole rings is 1. The topological polar surface area (TPSA) is 95.4 Å². The van der Waals surface area contributed by atoms with E-state index in [1.54, 1.807) is 24.9 Å². The number of rotatable bonds is 6. The molecule has 136 valence electrons. The van der Waals surface area contributed by atoms with Gasteiger partial charge in [-0.15, -0.1) is 0 Å². The second-order valence-electron chi connectivity index (χ2n) is 5.74. The van der Waals surface area contributed by atoms with Crippen molar-refractivity contribution in [3.63, 3.8) is 0 Å². The zero-order chi connectivity index (χ0) is 18.7. The predicted octanol–water partition coefficient (Wildman–Crippen LogP) is 0.526. The van der Waals surface area contributed by atoms with Gasteiger partial charge in [-0.05, 0) is 5.56 Å². The van der Waals surface area contributed by atoms with E-state index in [2.05, 4.69) is 15.5 Å². The average molecular weight is 356 g/mol. The molecule has 3 aromatic rings. The highest BCUT2D eigenvalue weighted by molar-refractivity contribution is 5.80. The van der Waals surface area contributed by atoms with E-state index in [4.69, 9.17) is 4.74 Å². The number of anilines is 1. The molecule has 26 heavy (non-hydrogen) atoms. The molecule has 3 rings (SSSR count). The Balaban J connectivity index is 2.08. The summed E-state index contributed by atoms with van der Waals surface area (Å²) in [6.45, 7) is 0.776. The van der Waals surface area contributed by atoms with Crippen LogP contribution in [0.2, 0.25) is 0 Å². The monoisotopic (exact) mass is 356 g/mol. The number of nitrogens with zero attached hydrogens (tertiary/aromatic N) is 5. The van der Waals surface area contributed by atoms with E-state index in [0.29, 0.717) is 30.3 Å². The van der Waals surface area contributed by atoms with Crippen LogP contribution in [0.5, 0.6) is 0 Å². The zero-order valence-electron chi connectivity index (χ0n) is 14.8. The maximum atomic E-state index is 12.6. The summed E-state index contributed by atoms with van der Waals surface area (Å²) in [7, 11) is 4.60. The lowest BCUT2D eigenvalue weighted by molar-refractivity contribution is 0.188. The van der Waals surface area contributed by atoms with Gasteiger partial charge in [0, 0.05) is 27.7 Å².